The number of hydrogen-bond donors (Lipinski definition) is 1. The Labute approximate surface area is 98.3 Å². The summed E-state index contributed by atoms with van der Waals surface area (Å²) in [6, 6.07) is 6.76. The number of ketones is 2. The van der Waals surface area contributed by atoms with E-state index >= 15 is 0 Å². The number of carbonyl (C=O) groups is 2. The summed E-state index contributed by atoms with van der Waals surface area (Å²) in [6.07, 6.45) is 0. The number of hydrogen-bond acceptors (Lipinski definition) is 4. The van der Waals surface area contributed by atoms with E-state index in [1.807, 2.05) is 0 Å². The molecule has 1 N–H and O–H groups in total. The minimum absolute atomic E-state index is 0.102. The highest BCUT2D eigenvalue weighted by atomic mass is 35.5. The SMILES string of the molecule is CC(=O)C(=NNc1ccc(Cl)cc1)C(C)=O. The number of nitrogens with one attached hydrogen (secondary N) is 1. The number of nitrogens with zero attached hydrogens (tertiary/aromatic N) is 1. The Morgan fingerprint density at radius 1 is 1.12 bits per heavy atom. The van der Waals surface area contributed by atoms with Crippen LogP contribution in [0.25, 0.3) is 0 Å². The molecule has 1 aromatic carbocycles. The third kappa shape index (κ3) is 3.47. The van der Waals surface area contributed by atoms with Crippen molar-refractivity contribution in [2.45, 2.75) is 13.8 Å². The van der Waals surface area contributed by atoms with Crippen LogP contribution in [0.3, 0.4) is 0 Å². The molecule has 84 valence electrons. The van der Waals surface area contributed by atoms with Gasteiger partial charge in [0, 0.05) is 18.9 Å². The van der Waals surface area contributed by atoms with Crippen LogP contribution >= 0.6 is 11.6 Å². The minimum Gasteiger partial charge on any atom is -0.293 e. The molecule has 0 amide bonds. The quantitative estimate of drug-likeness (QED) is 0.497. The zero-order valence-electron chi connectivity index (χ0n) is 8.95. The summed E-state index contributed by atoms with van der Waals surface area (Å²) in [7, 11) is 0. The van der Waals surface area contributed by atoms with Gasteiger partial charge >= 0.3 is 0 Å². The number of rotatable bonds is 4. The Kier molecular flexibility index (Phi) is 4.19. The van der Waals surface area contributed by atoms with Crippen molar-refractivity contribution < 1.29 is 9.59 Å². The summed E-state index contributed by atoms with van der Waals surface area (Å²) in [5.41, 5.74) is 3.18. The second-order valence-electron chi connectivity index (χ2n) is 3.19. The van der Waals surface area contributed by atoms with Gasteiger partial charge in [0.05, 0.1) is 5.69 Å². The zero-order valence-corrected chi connectivity index (χ0v) is 9.71. The molecule has 1 rings (SSSR count). The molecule has 0 aliphatic carbocycles. The molecule has 0 spiro atoms. The summed E-state index contributed by atoms with van der Waals surface area (Å²) in [6.45, 7) is 2.59. The Morgan fingerprint density at radius 2 is 1.62 bits per heavy atom. The fourth-order valence-electron chi connectivity index (χ4n) is 1.05. The lowest BCUT2D eigenvalue weighted by Gasteiger charge is -2.02. The van der Waals surface area contributed by atoms with Crippen LogP contribution in [0.2, 0.25) is 5.02 Å². The predicted molar refractivity (Wildman–Crippen MR) is 63.9 cm³/mol. The Hall–Kier alpha value is -1.68. The number of halogens is 1. The lowest BCUT2D eigenvalue weighted by Crippen LogP contribution is -2.20. The number of benzene rings is 1. The van der Waals surface area contributed by atoms with E-state index in [0.29, 0.717) is 10.7 Å². The van der Waals surface area contributed by atoms with Gasteiger partial charge in [-0.15, -0.1) is 0 Å². The van der Waals surface area contributed by atoms with E-state index < -0.39 is 0 Å². The van der Waals surface area contributed by atoms with Crippen LogP contribution in [-0.4, -0.2) is 17.3 Å². The van der Waals surface area contributed by atoms with E-state index in [1.54, 1.807) is 24.3 Å². The number of carbonyl (C=O) groups excluding carboxylic acids is 2. The largest absolute Gasteiger partial charge is 0.293 e. The summed E-state index contributed by atoms with van der Waals surface area (Å²) in [4.78, 5) is 22.1. The van der Waals surface area contributed by atoms with Gasteiger partial charge in [-0.2, -0.15) is 5.10 Å². The molecule has 0 aliphatic rings. The van der Waals surface area contributed by atoms with Gasteiger partial charge in [0.15, 0.2) is 17.3 Å². The molecule has 0 fully saturated rings. The zero-order chi connectivity index (χ0) is 12.1. The van der Waals surface area contributed by atoms with E-state index in [-0.39, 0.29) is 17.3 Å². The Morgan fingerprint density at radius 3 is 2.06 bits per heavy atom. The van der Waals surface area contributed by atoms with Crippen molar-refractivity contribution >= 4 is 34.6 Å². The van der Waals surface area contributed by atoms with E-state index in [2.05, 4.69) is 10.5 Å². The molecular weight excluding hydrogens is 228 g/mol. The van der Waals surface area contributed by atoms with Crippen molar-refractivity contribution in [2.75, 3.05) is 5.43 Å². The van der Waals surface area contributed by atoms with E-state index in [0.717, 1.165) is 0 Å². The maximum absolute atomic E-state index is 11.0. The van der Waals surface area contributed by atoms with E-state index in [4.69, 9.17) is 11.6 Å². The third-order valence-corrected chi connectivity index (χ3v) is 2.06. The standard InChI is InChI=1S/C11H11ClN2O2/c1-7(15)11(8(2)16)14-13-10-5-3-9(12)4-6-10/h3-6,13H,1-2H3. The van der Waals surface area contributed by atoms with Crippen molar-refractivity contribution in [2.24, 2.45) is 5.10 Å². The highest BCUT2D eigenvalue weighted by Gasteiger charge is 2.11. The van der Waals surface area contributed by atoms with Crippen LogP contribution in [0, 0.1) is 0 Å². The number of anilines is 1. The number of Topliss-reactive ketones (excluding diaryl/α,β-unsaturated/α-hetero) is 2. The molecule has 4 nitrogen and oxygen atoms in total. The first-order chi connectivity index (χ1) is 7.50. The predicted octanol–water partition coefficient (Wildman–Crippen LogP) is 2.29. The van der Waals surface area contributed by atoms with Gasteiger partial charge in [-0.3, -0.25) is 15.0 Å². The molecule has 1 aromatic rings. The fourth-order valence-corrected chi connectivity index (χ4v) is 1.18. The first-order valence-corrected chi connectivity index (χ1v) is 4.99. The number of hydrazone groups is 1. The molecular formula is C11H11ClN2O2. The monoisotopic (exact) mass is 238 g/mol. The van der Waals surface area contributed by atoms with Crippen molar-refractivity contribution in [3.8, 4) is 0 Å². The van der Waals surface area contributed by atoms with Gasteiger partial charge in [-0.25, -0.2) is 0 Å². The second kappa shape index (κ2) is 5.42. The second-order valence-corrected chi connectivity index (χ2v) is 3.63. The first kappa shape index (κ1) is 12.4. The molecule has 0 aliphatic heterocycles. The molecule has 0 radical (unpaired) electrons. The van der Waals surface area contributed by atoms with Crippen molar-refractivity contribution in [1.82, 2.24) is 0 Å². The van der Waals surface area contributed by atoms with Crippen LogP contribution in [0.1, 0.15) is 13.8 Å². The van der Waals surface area contributed by atoms with Gasteiger partial charge in [-0.05, 0) is 24.3 Å². The molecule has 0 bridgehead atoms. The average Bonchev–Trinajstić information content (AvgIpc) is 2.20. The molecule has 0 saturated heterocycles. The summed E-state index contributed by atoms with van der Waals surface area (Å²) in [5, 5.41) is 4.35. The maximum Gasteiger partial charge on any atom is 0.183 e. The van der Waals surface area contributed by atoms with Crippen molar-refractivity contribution in [3.63, 3.8) is 0 Å². The molecule has 0 saturated carbocycles. The Balaban J connectivity index is 2.81. The topological polar surface area (TPSA) is 58.5 Å². The third-order valence-electron chi connectivity index (χ3n) is 1.81. The van der Waals surface area contributed by atoms with Crippen LogP contribution in [0.4, 0.5) is 5.69 Å². The summed E-state index contributed by atoms with van der Waals surface area (Å²) < 4.78 is 0. The summed E-state index contributed by atoms with van der Waals surface area (Å²) >= 11 is 5.70. The molecule has 0 atom stereocenters. The van der Waals surface area contributed by atoms with Crippen LogP contribution in [0.15, 0.2) is 29.4 Å². The first-order valence-electron chi connectivity index (χ1n) is 4.62. The lowest BCUT2D eigenvalue weighted by molar-refractivity contribution is -0.114. The maximum atomic E-state index is 11.0. The highest BCUT2D eigenvalue weighted by molar-refractivity contribution is 6.65. The van der Waals surface area contributed by atoms with Gasteiger partial charge < -0.3 is 0 Å². The molecule has 5 heteroatoms. The molecule has 0 aromatic heterocycles. The fraction of sp³-hybridized carbons (Fsp3) is 0.182. The van der Waals surface area contributed by atoms with Crippen LogP contribution < -0.4 is 5.43 Å². The smallest absolute Gasteiger partial charge is 0.183 e. The average molecular weight is 239 g/mol. The molecule has 0 heterocycles. The van der Waals surface area contributed by atoms with E-state index in [1.165, 1.54) is 13.8 Å². The van der Waals surface area contributed by atoms with Crippen molar-refractivity contribution in [3.05, 3.63) is 29.3 Å². The van der Waals surface area contributed by atoms with Gasteiger partial charge in [-0.1, -0.05) is 11.6 Å². The van der Waals surface area contributed by atoms with E-state index in [9.17, 15) is 9.59 Å². The van der Waals surface area contributed by atoms with Gasteiger partial charge in [0.1, 0.15) is 0 Å². The highest BCUT2D eigenvalue weighted by Crippen LogP contribution is 2.13. The van der Waals surface area contributed by atoms with Crippen molar-refractivity contribution in [1.29, 1.82) is 0 Å². The summed E-state index contributed by atoms with van der Waals surface area (Å²) in [5.74, 6) is -0.733. The van der Waals surface area contributed by atoms with Crippen LogP contribution in [-0.2, 0) is 9.59 Å². The molecule has 16 heavy (non-hydrogen) atoms. The lowest BCUT2D eigenvalue weighted by atomic mass is 10.2. The van der Waals surface area contributed by atoms with Gasteiger partial charge in [0.2, 0.25) is 0 Å². The normalized spacial score (nSPS) is 9.44. The molecule has 0 unspecified atom stereocenters. The minimum atomic E-state index is -0.367. The Bertz CT molecular complexity index is 422. The van der Waals surface area contributed by atoms with Gasteiger partial charge in [0.25, 0.3) is 0 Å². The van der Waals surface area contributed by atoms with Crippen LogP contribution in [0.5, 0.6) is 0 Å².